The lowest BCUT2D eigenvalue weighted by molar-refractivity contribution is 0.0963. The molecule has 1 aliphatic heterocycles. The van der Waals surface area contributed by atoms with Crippen molar-refractivity contribution in [3.05, 3.63) is 28.8 Å². The maximum absolute atomic E-state index is 11.7. The summed E-state index contributed by atoms with van der Waals surface area (Å²) in [5.41, 5.74) is 1.34. The van der Waals surface area contributed by atoms with Crippen LogP contribution >= 0.6 is 11.6 Å². The number of carbonyl (C=O) groups excluding carboxylic acids is 1. The average Bonchev–Trinajstić information content (AvgIpc) is 2.42. The molecule has 2 rings (SSSR count). The van der Waals surface area contributed by atoms with Crippen molar-refractivity contribution < 1.29 is 9.00 Å². The SMILES string of the molecule is CNC(=O)c1cc(NC2CCS(=O)CC2)ccc1Cl. The minimum absolute atomic E-state index is 0.196. The van der Waals surface area contributed by atoms with Crippen LogP contribution in [0.3, 0.4) is 0 Å². The van der Waals surface area contributed by atoms with Gasteiger partial charge in [-0.3, -0.25) is 9.00 Å². The van der Waals surface area contributed by atoms with Crippen molar-refractivity contribution in [2.45, 2.75) is 18.9 Å². The third-order valence-electron chi connectivity index (χ3n) is 3.20. The molecule has 1 saturated heterocycles. The standard InChI is InChI=1S/C13H17ClN2O2S/c1-15-13(17)11-8-10(2-3-12(11)14)16-9-4-6-19(18)7-5-9/h2-3,8-9,16H,4-7H2,1H3,(H,15,17). The Morgan fingerprint density at radius 3 is 2.68 bits per heavy atom. The van der Waals surface area contributed by atoms with Gasteiger partial charge in [-0.2, -0.15) is 0 Å². The van der Waals surface area contributed by atoms with E-state index in [-0.39, 0.29) is 5.91 Å². The van der Waals surface area contributed by atoms with Gasteiger partial charge in [-0.25, -0.2) is 0 Å². The highest BCUT2D eigenvalue weighted by Crippen LogP contribution is 2.23. The average molecular weight is 301 g/mol. The molecular formula is C13H17ClN2O2S. The molecule has 2 N–H and O–H groups in total. The summed E-state index contributed by atoms with van der Waals surface area (Å²) in [6.45, 7) is 0. The van der Waals surface area contributed by atoms with Gasteiger partial charge in [-0.05, 0) is 31.0 Å². The van der Waals surface area contributed by atoms with Gasteiger partial charge in [0.1, 0.15) is 0 Å². The third kappa shape index (κ3) is 3.70. The van der Waals surface area contributed by atoms with E-state index in [1.54, 1.807) is 19.2 Å². The molecular weight excluding hydrogens is 284 g/mol. The summed E-state index contributed by atoms with van der Waals surface area (Å²) in [7, 11) is 0.918. The third-order valence-corrected chi connectivity index (χ3v) is 4.91. The van der Waals surface area contributed by atoms with Gasteiger partial charge in [0.2, 0.25) is 0 Å². The molecule has 0 spiro atoms. The predicted molar refractivity (Wildman–Crippen MR) is 79.4 cm³/mol. The molecule has 0 bridgehead atoms. The minimum atomic E-state index is -0.661. The van der Waals surface area contributed by atoms with Crippen LogP contribution in [0.15, 0.2) is 18.2 Å². The maximum Gasteiger partial charge on any atom is 0.252 e. The van der Waals surface area contributed by atoms with Crippen molar-refractivity contribution in [1.82, 2.24) is 5.32 Å². The summed E-state index contributed by atoms with van der Waals surface area (Å²) in [6, 6.07) is 5.65. The molecule has 0 saturated carbocycles. The minimum Gasteiger partial charge on any atom is -0.382 e. The zero-order chi connectivity index (χ0) is 13.8. The number of carbonyl (C=O) groups is 1. The number of amides is 1. The number of hydrogen-bond donors (Lipinski definition) is 2. The van der Waals surface area contributed by atoms with Gasteiger partial charge in [-0.1, -0.05) is 11.6 Å². The van der Waals surface area contributed by atoms with E-state index in [9.17, 15) is 9.00 Å². The lowest BCUT2D eigenvalue weighted by atomic mass is 10.1. The quantitative estimate of drug-likeness (QED) is 0.898. The second kappa shape index (κ2) is 6.39. The van der Waals surface area contributed by atoms with E-state index in [4.69, 9.17) is 11.6 Å². The second-order valence-electron chi connectivity index (χ2n) is 4.54. The first-order valence-electron chi connectivity index (χ1n) is 6.23. The van der Waals surface area contributed by atoms with E-state index in [1.807, 2.05) is 6.07 Å². The van der Waals surface area contributed by atoms with Gasteiger partial charge >= 0.3 is 0 Å². The summed E-state index contributed by atoms with van der Waals surface area (Å²) in [4.78, 5) is 11.7. The van der Waals surface area contributed by atoms with Crippen LogP contribution < -0.4 is 10.6 Å². The molecule has 0 aliphatic carbocycles. The highest BCUT2D eigenvalue weighted by Gasteiger charge is 2.18. The smallest absolute Gasteiger partial charge is 0.252 e. The normalized spacial score (nSPS) is 22.8. The van der Waals surface area contributed by atoms with Gasteiger partial charge in [-0.15, -0.1) is 0 Å². The van der Waals surface area contributed by atoms with E-state index in [2.05, 4.69) is 10.6 Å². The lowest BCUT2D eigenvalue weighted by Gasteiger charge is -2.23. The van der Waals surface area contributed by atoms with Crippen LogP contribution in [0.25, 0.3) is 0 Å². The number of anilines is 1. The molecule has 104 valence electrons. The van der Waals surface area contributed by atoms with Gasteiger partial charge in [0.05, 0.1) is 10.6 Å². The first kappa shape index (κ1) is 14.3. The number of halogens is 1. The van der Waals surface area contributed by atoms with E-state index in [0.717, 1.165) is 30.0 Å². The molecule has 1 aromatic carbocycles. The van der Waals surface area contributed by atoms with Gasteiger partial charge < -0.3 is 10.6 Å². The Morgan fingerprint density at radius 2 is 2.05 bits per heavy atom. The fourth-order valence-electron chi connectivity index (χ4n) is 2.10. The fraction of sp³-hybridized carbons (Fsp3) is 0.462. The Morgan fingerprint density at radius 1 is 1.37 bits per heavy atom. The van der Waals surface area contributed by atoms with Gasteiger partial charge in [0, 0.05) is 41.1 Å². The van der Waals surface area contributed by atoms with Crippen molar-refractivity contribution in [2.75, 3.05) is 23.9 Å². The first-order chi connectivity index (χ1) is 9.10. The number of benzene rings is 1. The summed E-state index contributed by atoms with van der Waals surface area (Å²) < 4.78 is 11.3. The highest BCUT2D eigenvalue weighted by molar-refractivity contribution is 7.85. The first-order valence-corrected chi connectivity index (χ1v) is 8.10. The predicted octanol–water partition coefficient (Wildman–Crippen LogP) is 2.02. The van der Waals surface area contributed by atoms with Crippen LogP contribution in [-0.2, 0) is 10.8 Å². The molecule has 4 nitrogen and oxygen atoms in total. The van der Waals surface area contributed by atoms with Crippen LogP contribution in [0.2, 0.25) is 5.02 Å². The van der Waals surface area contributed by atoms with Crippen LogP contribution in [-0.4, -0.2) is 34.7 Å². The summed E-state index contributed by atoms with van der Waals surface area (Å²) in [6.07, 6.45) is 1.79. The topological polar surface area (TPSA) is 58.2 Å². The van der Waals surface area contributed by atoms with Crippen LogP contribution in [0, 0.1) is 0 Å². The van der Waals surface area contributed by atoms with E-state index in [0.29, 0.717) is 16.6 Å². The van der Waals surface area contributed by atoms with Gasteiger partial charge in [0.25, 0.3) is 5.91 Å². The fourth-order valence-corrected chi connectivity index (χ4v) is 3.60. The summed E-state index contributed by atoms with van der Waals surface area (Å²) in [5.74, 6) is 1.29. The molecule has 0 radical (unpaired) electrons. The van der Waals surface area contributed by atoms with Crippen molar-refractivity contribution in [3.8, 4) is 0 Å². The highest BCUT2D eigenvalue weighted by atomic mass is 35.5. The van der Waals surface area contributed by atoms with E-state index < -0.39 is 10.8 Å². The number of nitrogens with one attached hydrogen (secondary N) is 2. The molecule has 1 heterocycles. The van der Waals surface area contributed by atoms with Crippen LogP contribution in [0.4, 0.5) is 5.69 Å². The Labute approximate surface area is 120 Å². The Kier molecular flexibility index (Phi) is 4.82. The molecule has 0 atom stereocenters. The Hall–Kier alpha value is -1.07. The van der Waals surface area contributed by atoms with Crippen molar-refractivity contribution in [3.63, 3.8) is 0 Å². The Bertz CT molecular complexity index is 497. The largest absolute Gasteiger partial charge is 0.382 e. The second-order valence-corrected chi connectivity index (χ2v) is 6.64. The Balaban J connectivity index is 2.08. The van der Waals surface area contributed by atoms with Crippen molar-refractivity contribution in [2.24, 2.45) is 0 Å². The number of rotatable bonds is 3. The molecule has 0 aromatic heterocycles. The summed E-state index contributed by atoms with van der Waals surface area (Å²) >= 11 is 6.00. The molecule has 1 fully saturated rings. The molecule has 1 aromatic rings. The molecule has 19 heavy (non-hydrogen) atoms. The van der Waals surface area contributed by atoms with Crippen molar-refractivity contribution in [1.29, 1.82) is 0 Å². The molecule has 1 aliphatic rings. The van der Waals surface area contributed by atoms with Crippen molar-refractivity contribution >= 4 is 34.0 Å². The molecule has 6 heteroatoms. The lowest BCUT2D eigenvalue weighted by Crippen LogP contribution is -2.29. The molecule has 1 amide bonds. The van der Waals surface area contributed by atoms with Gasteiger partial charge in [0.15, 0.2) is 0 Å². The van der Waals surface area contributed by atoms with E-state index >= 15 is 0 Å². The monoisotopic (exact) mass is 300 g/mol. The zero-order valence-electron chi connectivity index (χ0n) is 10.7. The number of hydrogen-bond acceptors (Lipinski definition) is 3. The van der Waals surface area contributed by atoms with Crippen LogP contribution in [0.5, 0.6) is 0 Å². The van der Waals surface area contributed by atoms with Crippen LogP contribution in [0.1, 0.15) is 23.2 Å². The van der Waals surface area contributed by atoms with E-state index in [1.165, 1.54) is 0 Å². The zero-order valence-corrected chi connectivity index (χ0v) is 12.3. The summed E-state index contributed by atoms with van der Waals surface area (Å²) in [5, 5.41) is 6.38. The maximum atomic E-state index is 11.7. The molecule has 0 unspecified atom stereocenters.